The molecule has 56 heavy (non-hydrogen) atoms. The highest BCUT2D eigenvalue weighted by molar-refractivity contribution is 5.97. The molecule has 0 aromatic heterocycles. The van der Waals surface area contributed by atoms with Crippen LogP contribution in [0.4, 0.5) is 34.1 Å². The van der Waals surface area contributed by atoms with Crippen LogP contribution in [0.15, 0.2) is 146 Å². The monoisotopic (exact) mass is 722 g/mol. The maximum absolute atomic E-state index is 9.53. The number of rotatable bonds is 6. The molecule has 0 heterocycles. The zero-order valence-electron chi connectivity index (χ0n) is 32.6. The Morgan fingerprint density at radius 3 is 1.07 bits per heavy atom. The van der Waals surface area contributed by atoms with Crippen molar-refractivity contribution >= 4 is 34.1 Å². The minimum absolute atomic E-state index is 0.281. The predicted octanol–water partition coefficient (Wildman–Crippen LogP) is 13.6. The molecule has 0 unspecified atom stereocenters. The minimum Gasteiger partial charge on any atom is -0.310 e. The summed E-state index contributed by atoms with van der Waals surface area (Å²) in [6.07, 6.45) is 0. The van der Waals surface area contributed by atoms with Gasteiger partial charge in [0.25, 0.3) is 0 Å². The fraction of sp³-hybridized carbons (Fsp3) is 0.154. The topological polar surface area (TPSA) is 54.1 Å². The molecule has 0 amide bonds. The van der Waals surface area contributed by atoms with Gasteiger partial charge >= 0.3 is 0 Å². The predicted molar refractivity (Wildman–Crippen MR) is 230 cm³/mol. The summed E-state index contributed by atoms with van der Waals surface area (Å²) in [7, 11) is 0. The van der Waals surface area contributed by atoms with E-state index in [4.69, 9.17) is 0 Å². The molecule has 7 aromatic rings. The lowest BCUT2D eigenvalue weighted by molar-refractivity contribution is 0.600. The summed E-state index contributed by atoms with van der Waals surface area (Å²) < 4.78 is 0. The molecule has 2 aliphatic carbocycles. The summed E-state index contributed by atoms with van der Waals surface area (Å²) in [6.45, 7) is 14.2. The summed E-state index contributed by atoms with van der Waals surface area (Å²) >= 11 is 0. The van der Waals surface area contributed by atoms with Crippen LogP contribution in [0, 0.1) is 36.5 Å². The van der Waals surface area contributed by atoms with Crippen LogP contribution >= 0.6 is 0 Å². The van der Waals surface area contributed by atoms with Crippen LogP contribution in [0.3, 0.4) is 0 Å². The van der Waals surface area contributed by atoms with Crippen LogP contribution in [0.25, 0.3) is 22.3 Å². The minimum atomic E-state index is -0.281. The van der Waals surface area contributed by atoms with Gasteiger partial charge in [-0.2, -0.15) is 10.5 Å². The Hall–Kier alpha value is -6.88. The zero-order chi connectivity index (χ0) is 38.9. The Morgan fingerprint density at radius 2 is 0.732 bits per heavy atom. The van der Waals surface area contributed by atoms with Crippen molar-refractivity contribution in [1.29, 1.82) is 10.5 Å². The van der Waals surface area contributed by atoms with Gasteiger partial charge in [-0.1, -0.05) is 76.2 Å². The summed E-state index contributed by atoms with van der Waals surface area (Å²) in [5.41, 5.74) is 20.5. The normalized spacial score (nSPS) is 13.8. The number of benzene rings is 7. The van der Waals surface area contributed by atoms with Crippen molar-refractivity contribution in [3.8, 4) is 34.4 Å². The van der Waals surface area contributed by atoms with Crippen molar-refractivity contribution in [1.82, 2.24) is 0 Å². The van der Waals surface area contributed by atoms with E-state index in [2.05, 4.69) is 148 Å². The van der Waals surface area contributed by atoms with Gasteiger partial charge in [-0.25, -0.2) is 0 Å². The number of anilines is 6. The van der Waals surface area contributed by atoms with E-state index in [0.717, 1.165) is 34.1 Å². The van der Waals surface area contributed by atoms with Crippen molar-refractivity contribution in [2.45, 2.75) is 52.4 Å². The molecule has 9 rings (SSSR count). The smallest absolute Gasteiger partial charge is 0.0991 e. The van der Waals surface area contributed by atoms with Crippen LogP contribution in [-0.2, 0) is 10.8 Å². The van der Waals surface area contributed by atoms with E-state index in [0.29, 0.717) is 11.1 Å². The van der Waals surface area contributed by atoms with Gasteiger partial charge in [0.2, 0.25) is 0 Å². The molecule has 0 radical (unpaired) electrons. The Morgan fingerprint density at radius 1 is 0.411 bits per heavy atom. The fourth-order valence-electron chi connectivity index (χ4n) is 9.42. The Kier molecular flexibility index (Phi) is 8.01. The molecular weight excluding hydrogens is 681 g/mol. The molecule has 0 fully saturated rings. The SMILES string of the molecule is Cc1c(C)c2c(c3c1-c1ccc(N(c4ccccc4)c4ccc(C#N)cc4)cc1C3(C)C)C(C)(C)c1cc(N(c3ccccc3)c3ccc(C#N)cc3)ccc1-2. The highest BCUT2D eigenvalue weighted by Crippen LogP contribution is 2.62. The first-order valence-corrected chi connectivity index (χ1v) is 19.2. The summed E-state index contributed by atoms with van der Waals surface area (Å²) in [6, 6.07) is 55.1. The van der Waals surface area contributed by atoms with Gasteiger partial charge in [0, 0.05) is 45.0 Å². The van der Waals surface area contributed by atoms with Crippen molar-refractivity contribution in [3.05, 3.63) is 190 Å². The van der Waals surface area contributed by atoms with Crippen molar-refractivity contribution < 1.29 is 0 Å². The van der Waals surface area contributed by atoms with E-state index in [1.165, 1.54) is 55.6 Å². The maximum Gasteiger partial charge on any atom is 0.0991 e. The van der Waals surface area contributed by atoms with Crippen LogP contribution < -0.4 is 9.80 Å². The van der Waals surface area contributed by atoms with Gasteiger partial charge in [-0.05, 0) is 167 Å². The average Bonchev–Trinajstić information content (AvgIpc) is 3.60. The van der Waals surface area contributed by atoms with Gasteiger partial charge in [-0.15, -0.1) is 0 Å². The maximum atomic E-state index is 9.53. The van der Waals surface area contributed by atoms with E-state index in [1.54, 1.807) is 0 Å². The standard InChI is InChI=1S/C52H42N4/c1-33-34(2)48-44-28-26-42(56(38-15-11-8-12-16-38)40-23-19-36(32-54)20-24-40)30-46(44)52(5,6)50(48)49-47(33)43-27-25-41(29-45(43)51(49,3)4)55(37-13-9-7-10-14-37)39-21-17-35(31-53)18-22-39/h7-30H,1-6H3. The second-order valence-electron chi connectivity index (χ2n) is 16.1. The molecule has 0 saturated carbocycles. The van der Waals surface area contributed by atoms with Gasteiger partial charge in [0.05, 0.1) is 23.3 Å². The molecule has 0 bridgehead atoms. The van der Waals surface area contributed by atoms with Crippen molar-refractivity contribution in [2.24, 2.45) is 0 Å². The van der Waals surface area contributed by atoms with E-state index < -0.39 is 0 Å². The number of fused-ring (bicyclic) bond motifs is 7. The van der Waals surface area contributed by atoms with Gasteiger partial charge in [0.1, 0.15) is 0 Å². The van der Waals surface area contributed by atoms with Gasteiger partial charge < -0.3 is 9.80 Å². The molecule has 0 N–H and O–H groups in total. The molecule has 0 saturated heterocycles. The molecule has 0 aliphatic heterocycles. The molecule has 0 atom stereocenters. The first kappa shape index (κ1) is 34.9. The lowest BCUT2D eigenvalue weighted by Gasteiger charge is -2.33. The van der Waals surface area contributed by atoms with Gasteiger partial charge in [-0.3, -0.25) is 0 Å². The lowest BCUT2D eigenvalue weighted by atomic mass is 9.71. The second kappa shape index (κ2) is 12.9. The molecule has 270 valence electrons. The third-order valence-electron chi connectivity index (χ3n) is 12.3. The van der Waals surface area contributed by atoms with E-state index in [-0.39, 0.29) is 10.8 Å². The first-order valence-electron chi connectivity index (χ1n) is 19.2. The number of hydrogen-bond acceptors (Lipinski definition) is 4. The van der Waals surface area contributed by atoms with E-state index in [9.17, 15) is 10.5 Å². The average molecular weight is 723 g/mol. The van der Waals surface area contributed by atoms with Gasteiger partial charge in [0.15, 0.2) is 0 Å². The Bertz CT molecular complexity index is 2570. The molecule has 4 heteroatoms. The molecule has 2 aliphatic rings. The Balaban J connectivity index is 1.20. The van der Waals surface area contributed by atoms with Crippen LogP contribution in [-0.4, -0.2) is 0 Å². The molecular formula is C52H42N4. The van der Waals surface area contributed by atoms with Crippen LogP contribution in [0.2, 0.25) is 0 Å². The van der Waals surface area contributed by atoms with Crippen LogP contribution in [0.5, 0.6) is 0 Å². The first-order chi connectivity index (χ1) is 27.0. The molecule has 7 aromatic carbocycles. The number of nitrogens with zero attached hydrogens (tertiary/aromatic N) is 4. The Labute approximate surface area is 330 Å². The number of para-hydroxylation sites is 2. The summed E-state index contributed by atoms with van der Waals surface area (Å²) in [5, 5.41) is 19.1. The summed E-state index contributed by atoms with van der Waals surface area (Å²) in [4.78, 5) is 4.58. The zero-order valence-corrected chi connectivity index (χ0v) is 32.6. The van der Waals surface area contributed by atoms with E-state index in [1.807, 2.05) is 60.7 Å². The van der Waals surface area contributed by atoms with Crippen molar-refractivity contribution in [2.75, 3.05) is 9.80 Å². The number of nitriles is 2. The second-order valence-corrected chi connectivity index (χ2v) is 16.1. The highest BCUT2D eigenvalue weighted by atomic mass is 15.1. The van der Waals surface area contributed by atoms with Crippen LogP contribution in [0.1, 0.15) is 72.2 Å². The molecule has 0 spiro atoms. The van der Waals surface area contributed by atoms with E-state index >= 15 is 0 Å². The highest BCUT2D eigenvalue weighted by Gasteiger charge is 2.47. The number of hydrogen-bond donors (Lipinski definition) is 0. The molecule has 4 nitrogen and oxygen atoms in total. The largest absolute Gasteiger partial charge is 0.310 e. The fourth-order valence-corrected chi connectivity index (χ4v) is 9.42. The quantitative estimate of drug-likeness (QED) is 0.171. The summed E-state index contributed by atoms with van der Waals surface area (Å²) in [5.74, 6) is 0. The third-order valence-corrected chi connectivity index (χ3v) is 12.3. The lowest BCUT2D eigenvalue weighted by Crippen LogP contribution is -2.25. The van der Waals surface area contributed by atoms with Crippen molar-refractivity contribution in [3.63, 3.8) is 0 Å². The third kappa shape index (κ3) is 5.18.